The molecule has 2 N–H and O–H groups in total. The lowest BCUT2D eigenvalue weighted by molar-refractivity contribution is 0.582. The van der Waals surface area contributed by atoms with Crippen molar-refractivity contribution < 1.29 is 4.39 Å². The van der Waals surface area contributed by atoms with Gasteiger partial charge in [-0.1, -0.05) is 11.6 Å². The van der Waals surface area contributed by atoms with E-state index in [1.165, 1.54) is 11.6 Å². The van der Waals surface area contributed by atoms with Gasteiger partial charge in [-0.3, -0.25) is 5.10 Å². The maximum Gasteiger partial charge on any atom is 0.212 e. The van der Waals surface area contributed by atoms with Crippen LogP contribution in [0.5, 0.6) is 0 Å². The zero-order valence-corrected chi connectivity index (χ0v) is 16.0. The van der Waals surface area contributed by atoms with Crippen molar-refractivity contribution in [3.63, 3.8) is 0 Å². The molecule has 8 heteroatoms. The van der Waals surface area contributed by atoms with E-state index in [4.69, 9.17) is 0 Å². The van der Waals surface area contributed by atoms with Crippen LogP contribution in [-0.4, -0.2) is 25.4 Å². The van der Waals surface area contributed by atoms with Gasteiger partial charge < -0.3 is 5.32 Å². The molecule has 0 spiro atoms. The number of H-pyrrole nitrogens is 1. The first-order valence-electron chi connectivity index (χ1n) is 9.50. The van der Waals surface area contributed by atoms with Gasteiger partial charge in [0.1, 0.15) is 11.6 Å². The Morgan fingerprint density at radius 3 is 2.72 bits per heavy atom. The number of rotatable bonds is 6. The summed E-state index contributed by atoms with van der Waals surface area (Å²) in [4.78, 5) is 3.72. The molecule has 0 aliphatic heterocycles. The lowest BCUT2D eigenvalue weighted by Gasteiger charge is -2.23. The highest BCUT2D eigenvalue weighted by Gasteiger charge is 2.20. The molecule has 3 aromatic heterocycles. The largest absolute Gasteiger partial charge is 0.341 e. The molecule has 3 heterocycles. The van der Waals surface area contributed by atoms with Gasteiger partial charge in [0.05, 0.1) is 18.1 Å². The molecule has 0 atom stereocenters. The number of anilines is 1. The Labute approximate surface area is 167 Å². The van der Waals surface area contributed by atoms with Gasteiger partial charge in [-0.25, -0.2) is 4.98 Å². The molecule has 0 unspecified atom stereocenters. The van der Waals surface area contributed by atoms with Crippen LogP contribution in [0.1, 0.15) is 42.4 Å². The molecule has 146 valence electrons. The third kappa shape index (κ3) is 3.99. The Balaban J connectivity index is 1.58. The average molecular weight is 389 g/mol. The van der Waals surface area contributed by atoms with E-state index >= 15 is 0 Å². The van der Waals surface area contributed by atoms with E-state index in [2.05, 4.69) is 36.8 Å². The second kappa shape index (κ2) is 8.19. The second-order valence-corrected chi connectivity index (χ2v) is 7.07. The molecule has 0 amide bonds. The summed E-state index contributed by atoms with van der Waals surface area (Å²) >= 11 is 0. The predicted molar refractivity (Wildman–Crippen MR) is 106 cm³/mol. The Morgan fingerprint density at radius 2 is 2.07 bits per heavy atom. The fourth-order valence-electron chi connectivity index (χ4n) is 3.33. The first-order valence-corrected chi connectivity index (χ1v) is 9.50. The van der Waals surface area contributed by atoms with Crippen molar-refractivity contribution in [2.45, 2.75) is 39.0 Å². The maximum atomic E-state index is 13.0. The van der Waals surface area contributed by atoms with Gasteiger partial charge in [0.25, 0.3) is 0 Å². The van der Waals surface area contributed by atoms with Crippen LogP contribution in [0.25, 0.3) is 11.3 Å². The summed E-state index contributed by atoms with van der Waals surface area (Å²) in [6.45, 7) is 1.91. The number of nitriles is 1. The molecule has 7 nitrogen and oxygen atoms in total. The number of aryl methyl sites for hydroxylation is 2. The Bertz CT molecular complexity index is 1090. The number of aromatic nitrogens is 5. The molecule has 0 aromatic carbocycles. The van der Waals surface area contributed by atoms with E-state index in [9.17, 15) is 9.65 Å². The first-order chi connectivity index (χ1) is 14.2. The molecule has 0 saturated heterocycles. The van der Waals surface area contributed by atoms with Crippen molar-refractivity contribution in [1.29, 1.82) is 5.26 Å². The van der Waals surface area contributed by atoms with Crippen LogP contribution in [0, 0.1) is 24.2 Å². The number of allylic oxidation sites excluding steroid dienone is 2. The van der Waals surface area contributed by atoms with E-state index in [1.807, 2.05) is 6.92 Å². The third-order valence-corrected chi connectivity index (χ3v) is 5.18. The number of nitrogens with zero attached hydrogens (tertiary/aromatic N) is 5. The van der Waals surface area contributed by atoms with Crippen LogP contribution in [0.3, 0.4) is 0 Å². The second-order valence-electron chi connectivity index (χ2n) is 7.07. The van der Waals surface area contributed by atoms with Crippen LogP contribution in [0.2, 0.25) is 0 Å². The summed E-state index contributed by atoms with van der Waals surface area (Å²) in [6.07, 6.45) is 9.55. The Kier molecular flexibility index (Phi) is 5.29. The Hall–Kier alpha value is -3.60. The quantitative estimate of drug-likeness (QED) is 0.616. The Morgan fingerprint density at radius 1 is 1.24 bits per heavy atom. The van der Waals surface area contributed by atoms with E-state index in [0.29, 0.717) is 17.1 Å². The summed E-state index contributed by atoms with van der Waals surface area (Å²) < 4.78 is 13.0. The summed E-state index contributed by atoms with van der Waals surface area (Å²) in [5.41, 5.74) is 6.16. The van der Waals surface area contributed by atoms with Gasteiger partial charge in [0.2, 0.25) is 5.95 Å². The summed E-state index contributed by atoms with van der Waals surface area (Å²) in [7, 11) is 0. The molecule has 1 fully saturated rings. The van der Waals surface area contributed by atoms with E-state index < -0.39 is 5.95 Å². The summed E-state index contributed by atoms with van der Waals surface area (Å²) in [5.74, 6) is 0.0263. The molecule has 3 aromatic rings. The number of nitrogens with one attached hydrogen (secondary N) is 2. The number of hydrogen-bond acceptors (Lipinski definition) is 6. The van der Waals surface area contributed by atoms with Gasteiger partial charge >= 0.3 is 0 Å². The standard InChI is InChI=1S/C21H20FN7/c1-13-10-25-26-12-17(13)20-16(9-23)21(29-28-20)27-18(15-3-2-4-15)7-5-14-6-8-19(22)24-11-14/h6,8,10-12H,2-5,7H2,1H3,(H2,27,28,29). The van der Waals surface area contributed by atoms with Crippen molar-refractivity contribution in [1.82, 2.24) is 25.4 Å². The van der Waals surface area contributed by atoms with Crippen LogP contribution in [0.4, 0.5) is 10.2 Å². The molecule has 29 heavy (non-hydrogen) atoms. The molecule has 0 radical (unpaired) electrons. The molecular formula is C21H20FN7. The SMILES string of the molecule is Cc1cnncc1-c1[nH]nc(NC(CCc2ccc(F)nc2)=C2CCC2)c1C#N. The highest BCUT2D eigenvalue weighted by atomic mass is 19.1. The number of halogens is 1. The maximum absolute atomic E-state index is 13.0. The minimum atomic E-state index is -0.479. The van der Waals surface area contributed by atoms with Crippen molar-refractivity contribution in [2.24, 2.45) is 0 Å². The van der Waals surface area contributed by atoms with Gasteiger partial charge in [-0.05, 0) is 56.2 Å². The molecule has 0 bridgehead atoms. The molecule has 4 rings (SSSR count). The van der Waals surface area contributed by atoms with Gasteiger partial charge in [-0.2, -0.15) is 24.9 Å². The van der Waals surface area contributed by atoms with Crippen molar-refractivity contribution in [2.75, 3.05) is 5.32 Å². The molecular weight excluding hydrogens is 369 g/mol. The van der Waals surface area contributed by atoms with Crippen molar-refractivity contribution >= 4 is 5.82 Å². The lowest BCUT2D eigenvalue weighted by Crippen LogP contribution is -2.11. The highest BCUT2D eigenvalue weighted by Crippen LogP contribution is 2.33. The van der Waals surface area contributed by atoms with Gasteiger partial charge in [0, 0.05) is 17.5 Å². The predicted octanol–water partition coefficient (Wildman–Crippen LogP) is 4.06. The number of pyridine rings is 1. The fourth-order valence-corrected chi connectivity index (χ4v) is 3.33. The minimum absolute atomic E-state index is 0.446. The van der Waals surface area contributed by atoms with Crippen LogP contribution in [-0.2, 0) is 6.42 Å². The zero-order chi connectivity index (χ0) is 20.2. The smallest absolute Gasteiger partial charge is 0.212 e. The monoisotopic (exact) mass is 389 g/mol. The van der Waals surface area contributed by atoms with Crippen LogP contribution < -0.4 is 5.32 Å². The van der Waals surface area contributed by atoms with Gasteiger partial charge in [0.15, 0.2) is 5.82 Å². The van der Waals surface area contributed by atoms with Crippen LogP contribution >= 0.6 is 0 Å². The van der Waals surface area contributed by atoms with E-state index in [-0.39, 0.29) is 0 Å². The van der Waals surface area contributed by atoms with Crippen molar-refractivity contribution in [3.05, 3.63) is 64.6 Å². The molecule has 1 aliphatic carbocycles. The van der Waals surface area contributed by atoms with Crippen molar-refractivity contribution in [3.8, 4) is 17.3 Å². The fraction of sp³-hybridized carbons (Fsp3) is 0.286. The van der Waals surface area contributed by atoms with Gasteiger partial charge in [-0.15, -0.1) is 0 Å². The minimum Gasteiger partial charge on any atom is -0.341 e. The van der Waals surface area contributed by atoms with Crippen LogP contribution in [0.15, 0.2) is 42.0 Å². The number of hydrogen-bond donors (Lipinski definition) is 2. The third-order valence-electron chi connectivity index (χ3n) is 5.18. The normalized spacial score (nSPS) is 12.9. The highest BCUT2D eigenvalue weighted by molar-refractivity contribution is 5.75. The lowest BCUT2D eigenvalue weighted by atomic mass is 9.88. The number of aromatic amines is 1. The average Bonchev–Trinajstić information content (AvgIpc) is 3.08. The topological polar surface area (TPSA) is 103 Å². The first kappa shape index (κ1) is 18.7. The zero-order valence-electron chi connectivity index (χ0n) is 16.0. The summed E-state index contributed by atoms with van der Waals surface area (Å²) in [6, 6.07) is 5.37. The molecule has 1 aliphatic rings. The summed E-state index contributed by atoms with van der Waals surface area (Å²) in [5, 5.41) is 28.2. The van der Waals surface area contributed by atoms with E-state index in [1.54, 1.807) is 24.7 Å². The molecule has 1 saturated carbocycles. The van der Waals surface area contributed by atoms with E-state index in [0.717, 1.165) is 54.5 Å².